The molecule has 3 rings (SSSR count). The molecule has 1 aromatic carbocycles. The molecular weight excluding hydrogens is 360 g/mol. The Bertz CT molecular complexity index is 721. The number of carbonyl (C=O) groups is 3. The largest absolute Gasteiger partial charge is 0.452 e. The fraction of sp³-hybridized carbons (Fsp3) is 0.571. The lowest BCUT2D eigenvalue weighted by Gasteiger charge is -2.32. The number of esters is 1. The van der Waals surface area contributed by atoms with Gasteiger partial charge in [-0.3, -0.25) is 14.4 Å². The molecule has 1 aromatic rings. The molecule has 7 nitrogen and oxygen atoms in total. The van der Waals surface area contributed by atoms with Crippen molar-refractivity contribution in [3.8, 4) is 0 Å². The first-order chi connectivity index (χ1) is 13.5. The Morgan fingerprint density at radius 3 is 2.32 bits per heavy atom. The van der Waals surface area contributed by atoms with Crippen molar-refractivity contribution in [1.82, 2.24) is 9.80 Å². The quantitative estimate of drug-likeness (QED) is 0.733. The van der Waals surface area contributed by atoms with E-state index in [0.29, 0.717) is 57.8 Å². The summed E-state index contributed by atoms with van der Waals surface area (Å²) in [4.78, 5) is 41.0. The lowest BCUT2D eigenvalue weighted by atomic mass is 9.96. The SMILES string of the molecule is Cc1ccccc1C(=O)N1CCC(C(=O)O[C@@H](C)C(=O)N2CCOCC2)CC1. The minimum atomic E-state index is -0.794. The number of hydrogen-bond donors (Lipinski definition) is 0. The van der Waals surface area contributed by atoms with E-state index in [-0.39, 0.29) is 23.7 Å². The highest BCUT2D eigenvalue weighted by molar-refractivity contribution is 5.95. The van der Waals surface area contributed by atoms with Gasteiger partial charge in [0.15, 0.2) is 6.10 Å². The molecule has 2 aliphatic heterocycles. The maximum absolute atomic E-state index is 12.7. The van der Waals surface area contributed by atoms with Crippen LogP contribution in [0.3, 0.4) is 0 Å². The molecule has 2 amide bonds. The van der Waals surface area contributed by atoms with Crippen LogP contribution >= 0.6 is 0 Å². The zero-order chi connectivity index (χ0) is 20.1. The second-order valence-electron chi connectivity index (χ2n) is 7.40. The monoisotopic (exact) mass is 388 g/mol. The lowest BCUT2D eigenvalue weighted by molar-refractivity contribution is -0.165. The van der Waals surface area contributed by atoms with E-state index < -0.39 is 6.10 Å². The molecule has 0 spiro atoms. The number of nitrogens with zero attached hydrogens (tertiary/aromatic N) is 2. The maximum atomic E-state index is 12.7. The molecule has 0 aliphatic carbocycles. The van der Waals surface area contributed by atoms with Gasteiger partial charge < -0.3 is 19.3 Å². The maximum Gasteiger partial charge on any atom is 0.309 e. The average molecular weight is 388 g/mol. The molecule has 0 saturated carbocycles. The second-order valence-corrected chi connectivity index (χ2v) is 7.40. The summed E-state index contributed by atoms with van der Waals surface area (Å²) in [5.41, 5.74) is 1.65. The normalized spacial score (nSPS) is 19.2. The second kappa shape index (κ2) is 9.19. The molecular formula is C21H28N2O5. The predicted octanol–water partition coefficient (Wildman–Crippen LogP) is 1.64. The molecule has 7 heteroatoms. The number of morpholine rings is 1. The Morgan fingerprint density at radius 2 is 1.68 bits per heavy atom. The van der Waals surface area contributed by atoms with E-state index in [1.165, 1.54) is 0 Å². The van der Waals surface area contributed by atoms with Gasteiger partial charge >= 0.3 is 5.97 Å². The highest BCUT2D eigenvalue weighted by atomic mass is 16.5. The first-order valence-electron chi connectivity index (χ1n) is 9.89. The Labute approximate surface area is 165 Å². The molecule has 0 bridgehead atoms. The summed E-state index contributed by atoms with van der Waals surface area (Å²) < 4.78 is 10.7. The number of likely N-dealkylation sites (tertiary alicyclic amines) is 1. The summed E-state index contributed by atoms with van der Waals surface area (Å²) in [5, 5.41) is 0. The average Bonchev–Trinajstić information content (AvgIpc) is 2.73. The third-order valence-corrected chi connectivity index (χ3v) is 5.45. The molecule has 0 unspecified atom stereocenters. The molecule has 0 N–H and O–H groups in total. The zero-order valence-electron chi connectivity index (χ0n) is 16.6. The highest BCUT2D eigenvalue weighted by Gasteiger charge is 2.32. The summed E-state index contributed by atoms with van der Waals surface area (Å²) in [6.45, 7) is 6.65. The smallest absolute Gasteiger partial charge is 0.309 e. The molecule has 2 saturated heterocycles. The highest BCUT2D eigenvalue weighted by Crippen LogP contribution is 2.22. The molecule has 0 radical (unpaired) electrons. The zero-order valence-corrected chi connectivity index (χ0v) is 16.6. The number of amides is 2. The standard InChI is InChI=1S/C21H28N2O5/c1-15-5-3-4-6-18(15)20(25)22-9-7-17(8-10-22)21(26)28-16(2)19(24)23-11-13-27-14-12-23/h3-6,16-17H,7-14H2,1-2H3/t16-/m0/s1. The van der Waals surface area contributed by atoms with Crippen molar-refractivity contribution in [2.24, 2.45) is 5.92 Å². The van der Waals surface area contributed by atoms with E-state index in [4.69, 9.17) is 9.47 Å². The summed E-state index contributed by atoms with van der Waals surface area (Å²) in [5.74, 6) is -0.803. The van der Waals surface area contributed by atoms with Crippen LogP contribution in [-0.2, 0) is 19.1 Å². The van der Waals surface area contributed by atoms with Crippen molar-refractivity contribution < 1.29 is 23.9 Å². The van der Waals surface area contributed by atoms with Crippen LogP contribution in [0.15, 0.2) is 24.3 Å². The minimum Gasteiger partial charge on any atom is -0.452 e. The Kier molecular flexibility index (Phi) is 6.67. The van der Waals surface area contributed by atoms with Crippen LogP contribution in [0, 0.1) is 12.8 Å². The van der Waals surface area contributed by atoms with Crippen LogP contribution in [0.25, 0.3) is 0 Å². The van der Waals surface area contributed by atoms with Crippen LogP contribution in [0.4, 0.5) is 0 Å². The van der Waals surface area contributed by atoms with Crippen molar-refractivity contribution in [3.05, 3.63) is 35.4 Å². The van der Waals surface area contributed by atoms with Crippen LogP contribution in [-0.4, -0.2) is 73.1 Å². The summed E-state index contributed by atoms with van der Waals surface area (Å²) in [7, 11) is 0. The molecule has 2 aliphatic rings. The van der Waals surface area contributed by atoms with Gasteiger partial charge in [-0.15, -0.1) is 0 Å². The van der Waals surface area contributed by atoms with Crippen molar-refractivity contribution in [1.29, 1.82) is 0 Å². The number of carbonyl (C=O) groups excluding carboxylic acids is 3. The van der Waals surface area contributed by atoms with Crippen LogP contribution in [0.2, 0.25) is 0 Å². The van der Waals surface area contributed by atoms with E-state index in [9.17, 15) is 14.4 Å². The van der Waals surface area contributed by atoms with Gasteiger partial charge in [-0.05, 0) is 38.3 Å². The van der Waals surface area contributed by atoms with Crippen molar-refractivity contribution in [2.45, 2.75) is 32.8 Å². The van der Waals surface area contributed by atoms with Gasteiger partial charge in [0.25, 0.3) is 11.8 Å². The number of piperidine rings is 1. The van der Waals surface area contributed by atoms with Gasteiger partial charge in [0, 0.05) is 31.7 Å². The van der Waals surface area contributed by atoms with Crippen molar-refractivity contribution >= 4 is 17.8 Å². The molecule has 28 heavy (non-hydrogen) atoms. The van der Waals surface area contributed by atoms with Gasteiger partial charge in [0.1, 0.15) is 0 Å². The first kappa shape index (κ1) is 20.3. The van der Waals surface area contributed by atoms with Gasteiger partial charge in [-0.1, -0.05) is 18.2 Å². The topological polar surface area (TPSA) is 76.2 Å². The number of benzene rings is 1. The number of aryl methyl sites for hydroxylation is 1. The van der Waals surface area contributed by atoms with E-state index in [0.717, 1.165) is 5.56 Å². The number of hydrogen-bond acceptors (Lipinski definition) is 5. The van der Waals surface area contributed by atoms with Crippen LogP contribution in [0.5, 0.6) is 0 Å². The number of ether oxygens (including phenoxy) is 2. The molecule has 2 heterocycles. The number of rotatable bonds is 4. The molecule has 1 atom stereocenters. The third kappa shape index (κ3) is 4.70. The van der Waals surface area contributed by atoms with E-state index in [1.807, 2.05) is 31.2 Å². The minimum absolute atomic E-state index is 0.000723. The Balaban J connectivity index is 1.49. The molecule has 0 aromatic heterocycles. The molecule has 152 valence electrons. The van der Waals surface area contributed by atoms with Gasteiger partial charge in [0.05, 0.1) is 19.1 Å². The Hall–Kier alpha value is -2.41. The summed E-state index contributed by atoms with van der Waals surface area (Å²) in [6.07, 6.45) is 0.307. The summed E-state index contributed by atoms with van der Waals surface area (Å²) >= 11 is 0. The van der Waals surface area contributed by atoms with Crippen LogP contribution in [0.1, 0.15) is 35.7 Å². The first-order valence-corrected chi connectivity index (χ1v) is 9.89. The van der Waals surface area contributed by atoms with Gasteiger partial charge in [0.2, 0.25) is 0 Å². The van der Waals surface area contributed by atoms with Crippen LogP contribution < -0.4 is 0 Å². The van der Waals surface area contributed by atoms with E-state index >= 15 is 0 Å². The fourth-order valence-electron chi connectivity index (χ4n) is 3.66. The fourth-order valence-corrected chi connectivity index (χ4v) is 3.66. The summed E-state index contributed by atoms with van der Waals surface area (Å²) in [6, 6.07) is 7.52. The van der Waals surface area contributed by atoms with Gasteiger partial charge in [-0.25, -0.2) is 0 Å². The lowest BCUT2D eigenvalue weighted by Crippen LogP contribution is -2.47. The molecule has 2 fully saturated rings. The van der Waals surface area contributed by atoms with Crippen molar-refractivity contribution in [3.63, 3.8) is 0 Å². The van der Waals surface area contributed by atoms with Gasteiger partial charge in [-0.2, -0.15) is 0 Å². The predicted molar refractivity (Wildman–Crippen MR) is 103 cm³/mol. The van der Waals surface area contributed by atoms with E-state index in [2.05, 4.69) is 0 Å². The van der Waals surface area contributed by atoms with Crippen molar-refractivity contribution in [2.75, 3.05) is 39.4 Å². The van der Waals surface area contributed by atoms with E-state index in [1.54, 1.807) is 16.7 Å². The Morgan fingerprint density at radius 1 is 1.04 bits per heavy atom. The third-order valence-electron chi connectivity index (χ3n) is 5.45.